The van der Waals surface area contributed by atoms with E-state index in [1.807, 2.05) is 211 Å². The Morgan fingerprint density at radius 2 is 0.789 bits per heavy atom. The van der Waals surface area contributed by atoms with Crippen LogP contribution in [0.15, 0.2) is 237 Å². The number of morpholine rings is 4. The molecule has 35 heteroatoms. The molecule has 8 N–H and O–H groups in total. The van der Waals surface area contributed by atoms with E-state index in [2.05, 4.69) is 137 Å². The van der Waals surface area contributed by atoms with Gasteiger partial charge in [0.15, 0.2) is 45.9 Å². The Bertz CT molecular complexity index is 6330. The molecule has 10 aliphatic heterocycles. The molecule has 31 nitrogen and oxygen atoms in total. The van der Waals surface area contributed by atoms with E-state index in [0.717, 1.165) is 206 Å². The van der Waals surface area contributed by atoms with Crippen molar-refractivity contribution in [2.24, 2.45) is 4.99 Å². The summed E-state index contributed by atoms with van der Waals surface area (Å²) in [7, 11) is -0.300. The lowest BCUT2D eigenvalue weighted by Crippen LogP contribution is -2.43. The number of aromatic nitrogens is 14. The van der Waals surface area contributed by atoms with E-state index in [0.29, 0.717) is 77.1 Å². The Morgan fingerprint density at radius 3 is 1.13 bits per heavy atom. The maximum atomic E-state index is 6.02. The highest BCUT2D eigenvalue weighted by Crippen LogP contribution is 2.40. The normalized spacial score (nSPS) is 21.1. The van der Waals surface area contributed by atoms with E-state index in [9.17, 15) is 0 Å². The zero-order valence-corrected chi connectivity index (χ0v) is 77.6. The molecule has 10 aromatic heterocycles. The van der Waals surface area contributed by atoms with Crippen molar-refractivity contribution in [1.82, 2.24) is 68.4 Å². The number of fused-ring (bicyclic) bond motifs is 12. The molecular formula is C98H109BN24O7S3. The highest BCUT2D eigenvalue weighted by atomic mass is 32.1. The number of nitrogen functional groups attached to an aromatic ring is 3. The lowest BCUT2D eigenvalue weighted by atomic mass is 9.79. The number of nitrogens with zero attached hydrogens (tertiary/aromatic N) is 19. The van der Waals surface area contributed by atoms with E-state index in [-0.39, 0.29) is 18.3 Å². The minimum absolute atomic E-state index is 0.293. The minimum atomic E-state index is -0.300. The number of ether oxygens (including phenoxy) is 5. The maximum Gasteiger partial charge on any atom is 0.494 e. The number of aryl methyl sites for hydroxylation is 1. The van der Waals surface area contributed by atoms with Crippen LogP contribution < -0.4 is 52.9 Å². The summed E-state index contributed by atoms with van der Waals surface area (Å²) in [6.07, 6.45) is 29.0. The van der Waals surface area contributed by atoms with Crippen LogP contribution in [-0.4, -0.2) is 216 Å². The van der Waals surface area contributed by atoms with Crippen LogP contribution in [-0.2, 0) is 33.0 Å². The van der Waals surface area contributed by atoms with Gasteiger partial charge in [0.1, 0.15) is 27.9 Å². The van der Waals surface area contributed by atoms with Gasteiger partial charge in [0.05, 0.1) is 88.5 Å². The number of benzene rings is 4. The van der Waals surface area contributed by atoms with Crippen LogP contribution in [0.2, 0.25) is 0 Å². The molecule has 133 heavy (non-hydrogen) atoms. The van der Waals surface area contributed by atoms with Crippen molar-refractivity contribution in [3.8, 4) is 34.2 Å². The summed E-state index contributed by atoms with van der Waals surface area (Å²) < 4.78 is 48.3. The van der Waals surface area contributed by atoms with Gasteiger partial charge in [-0.25, -0.2) is 38.0 Å². The smallest absolute Gasteiger partial charge is 0.399 e. The fraction of sp³-hybridized carbons (Fsp3) is 0.357. The lowest BCUT2D eigenvalue weighted by molar-refractivity contribution is 0.00578. The number of hydrogen-bond acceptors (Lipinski definition) is 28. The molecule has 24 rings (SSSR count). The lowest BCUT2D eigenvalue weighted by Gasteiger charge is -2.33. The summed E-state index contributed by atoms with van der Waals surface area (Å²) in [6.45, 7) is 22.5. The third kappa shape index (κ3) is 22.9. The summed E-state index contributed by atoms with van der Waals surface area (Å²) in [6, 6.07) is 54.7. The molecule has 0 amide bonds. The van der Waals surface area contributed by atoms with Crippen LogP contribution >= 0.6 is 36.7 Å². The second kappa shape index (κ2) is 42.4. The van der Waals surface area contributed by atoms with E-state index in [1.165, 1.54) is 25.7 Å². The first kappa shape index (κ1) is 92.1. The second-order valence-electron chi connectivity index (χ2n) is 35.0. The summed E-state index contributed by atoms with van der Waals surface area (Å²) >= 11 is 14.2. The average Bonchev–Trinajstić information content (AvgIpc) is 1.68. The van der Waals surface area contributed by atoms with Crippen LogP contribution in [0.4, 0.5) is 57.4 Å². The topological polar surface area (TPSA) is 339 Å². The zero-order valence-electron chi connectivity index (χ0n) is 75.1. The molecule has 10 aliphatic rings. The molecule has 8 atom stereocenters. The van der Waals surface area contributed by atoms with Gasteiger partial charge in [0.2, 0.25) is 0 Å². The van der Waals surface area contributed by atoms with Crippen molar-refractivity contribution < 1.29 is 33.0 Å². The first-order valence-corrected chi connectivity index (χ1v) is 46.4. The molecule has 0 radical (unpaired) electrons. The van der Waals surface area contributed by atoms with Crippen molar-refractivity contribution >= 4 is 144 Å². The molecule has 684 valence electrons. The van der Waals surface area contributed by atoms with E-state index in [1.54, 1.807) is 36.9 Å². The van der Waals surface area contributed by atoms with Gasteiger partial charge in [0, 0.05) is 148 Å². The molecular weight excluding hydrogens is 1730 g/mol. The molecule has 0 unspecified atom stereocenters. The zero-order chi connectivity index (χ0) is 92.0. The molecule has 0 spiro atoms. The van der Waals surface area contributed by atoms with Gasteiger partial charge in [-0.2, -0.15) is 10.1 Å². The molecule has 10 fully saturated rings. The molecule has 20 heterocycles. The number of hydrogen-bond donors (Lipinski definition) is 5. The quantitative estimate of drug-likeness (QED) is 0.0264. The van der Waals surface area contributed by atoms with Crippen molar-refractivity contribution in [2.75, 3.05) is 113 Å². The molecule has 14 aromatic rings. The highest BCUT2D eigenvalue weighted by molar-refractivity contribution is 7.80. The molecule has 0 aliphatic carbocycles. The van der Waals surface area contributed by atoms with Gasteiger partial charge in [-0.15, -0.1) is 15.3 Å². The van der Waals surface area contributed by atoms with Gasteiger partial charge < -0.3 is 80.4 Å². The molecule has 4 aromatic carbocycles. The van der Waals surface area contributed by atoms with Gasteiger partial charge >= 0.3 is 7.12 Å². The Kier molecular flexibility index (Phi) is 29.3. The van der Waals surface area contributed by atoms with Crippen LogP contribution in [0.1, 0.15) is 97.7 Å². The number of anilines is 9. The molecule has 10 saturated heterocycles. The fourth-order valence-electron chi connectivity index (χ4n) is 17.6. The standard InChI is InChI=1S/C24H23N7OS.C19H17N5OS.C18H19N5O.C13H16N4O.C12H18BNO2.C5H6N2.C4H8O.C3H2S/c33-24(27-18-3-1-11-25-13-18)26-17-7-5-16(6-8-17)22-28-23(21-4-2-12-31(21)29-22)30-14-19-9-10-20(15-30)32-19;26-12-20-14-5-3-13(4-6-14)18-21-19(17-2-1-9-24(17)22-18)23-10-15-7-8-16(11-23)25-15;19-13-5-3-12(4-6-13)17-20-18(16-2-1-9-23(16)21-17)22-10-14-7-8-15(11-22)24-14;1-9-14-13(12-3-2-6-17(12)15-9)16-7-10-4-5-11(8-16)18-10;1-11(2)12(3,4)16-13(15-11)9-5-7-10(14)8-6-9;6-5-2-1-3-7-4-5;1-2-4-5-3-1;1-2-3-4/h1-8,11-13,19-20H,9-10,14-15H2,(H2,26,27,33);1-6,9,15-16H,7-8,10-11H2;1-6,9,14-15H,7-8,10-11,19H2;2-3,6,10-11H,4-5,7-8H2,1H3;5-8H,14H2,1-4H3;1-4H,6H2;1-4H2;1H2/t19-,20+;15-,16+;14-,15+;10-,11+;;;;. The van der Waals surface area contributed by atoms with Gasteiger partial charge in [-0.05, 0) is 305 Å². The number of pyridine rings is 2. The third-order valence-corrected chi connectivity index (χ3v) is 25.2. The predicted octanol–water partition coefficient (Wildman–Crippen LogP) is 15.2. The SMILES string of the molecule is C1CCOC1.C=C=C=S.CC1(C)OB(c2ccc(N)cc2)OC1(C)C.Cc1nc(N2C[C@H]3CC[C@@H](C2)O3)c2cccn2n1.Nc1ccc(-c2nc(N3C[C@H]4CC[C@@H](C3)O4)c3cccn3n2)cc1.Nc1cccnc1.S=C(Nc1ccc(-c2nc(N3C[C@H]4CC[C@@H](C3)O4)c3cccn3n2)cc1)Nc1cccnc1.S=C=Nc1ccc(-c2nc(N3C[C@H]4CC[C@@H](C3)O4)c3cccn3n2)cc1. The summed E-state index contributed by atoms with van der Waals surface area (Å²) in [5.74, 6) is 6.89. The van der Waals surface area contributed by atoms with E-state index < -0.39 is 0 Å². The van der Waals surface area contributed by atoms with Crippen molar-refractivity contribution in [3.63, 3.8) is 0 Å². The summed E-state index contributed by atoms with van der Waals surface area (Å²) in [4.78, 5) is 40.7. The summed E-state index contributed by atoms with van der Waals surface area (Å²) in [5, 5.41) is 29.8. The number of rotatable bonds is 11. The van der Waals surface area contributed by atoms with Crippen LogP contribution in [0.5, 0.6) is 0 Å². The molecule has 0 saturated carbocycles. The Balaban J connectivity index is 0.000000113. The number of nitrogens with one attached hydrogen (secondary N) is 2. The third-order valence-electron chi connectivity index (χ3n) is 24.8. The minimum Gasteiger partial charge on any atom is -0.399 e. The Morgan fingerprint density at radius 1 is 0.436 bits per heavy atom. The van der Waals surface area contributed by atoms with Crippen molar-refractivity contribution in [3.05, 3.63) is 238 Å². The van der Waals surface area contributed by atoms with Crippen LogP contribution in [0.3, 0.4) is 0 Å². The molecule has 8 bridgehead atoms. The Hall–Kier alpha value is -12.8. The van der Waals surface area contributed by atoms with Crippen LogP contribution in [0, 0.1) is 6.92 Å². The van der Waals surface area contributed by atoms with E-state index in [4.69, 9.17) is 82.5 Å². The first-order valence-electron chi connectivity index (χ1n) is 45.2. The van der Waals surface area contributed by atoms with Crippen molar-refractivity contribution in [1.29, 1.82) is 0 Å². The Labute approximate surface area is 789 Å². The summed E-state index contributed by atoms with van der Waals surface area (Å²) in [5.41, 5.74) is 31.1. The maximum absolute atomic E-state index is 6.02. The number of thiocarbonyl (C=S) groups is 3. The van der Waals surface area contributed by atoms with Crippen LogP contribution in [0.25, 0.3) is 56.2 Å². The highest BCUT2D eigenvalue weighted by Gasteiger charge is 2.52. The van der Waals surface area contributed by atoms with Gasteiger partial charge in [-0.3, -0.25) is 9.97 Å². The first-order chi connectivity index (χ1) is 64.7. The largest absolute Gasteiger partial charge is 0.494 e. The van der Waals surface area contributed by atoms with Gasteiger partial charge in [0.25, 0.3) is 0 Å². The monoisotopic (exact) mass is 1840 g/mol. The number of nitrogens with two attached hydrogens (primary N) is 3. The average molecular weight is 1840 g/mol. The number of aliphatic imine (C=N–C) groups is 1. The van der Waals surface area contributed by atoms with E-state index >= 15 is 0 Å². The number of isothiocyanates is 1. The van der Waals surface area contributed by atoms with Crippen molar-refractivity contribution in [2.45, 2.75) is 159 Å². The second-order valence-corrected chi connectivity index (χ2v) is 35.8. The fourth-order valence-corrected chi connectivity index (χ4v) is 17.9. The van der Waals surface area contributed by atoms with Gasteiger partial charge in [-0.1, -0.05) is 17.9 Å². The predicted molar refractivity (Wildman–Crippen MR) is 534 cm³/mol.